The fourth-order valence-corrected chi connectivity index (χ4v) is 3.47. The van der Waals surface area contributed by atoms with Crippen molar-refractivity contribution in [3.63, 3.8) is 0 Å². The number of methoxy groups -OCH3 is 2. The van der Waals surface area contributed by atoms with Gasteiger partial charge in [0.05, 0.1) is 35.4 Å². The molecule has 0 amide bonds. The summed E-state index contributed by atoms with van der Waals surface area (Å²) in [5.41, 5.74) is 0.186. The molecule has 0 unspecified atom stereocenters. The number of rotatable bonds is 5. The van der Waals surface area contributed by atoms with E-state index >= 15 is 0 Å². The Morgan fingerprint density at radius 1 is 1.16 bits per heavy atom. The molecule has 0 spiro atoms. The number of benzene rings is 2. The van der Waals surface area contributed by atoms with Crippen LogP contribution in [-0.2, 0) is 14.8 Å². The first kappa shape index (κ1) is 19.0. The lowest BCUT2D eigenvalue weighted by Gasteiger charge is -2.20. The highest BCUT2D eigenvalue weighted by molar-refractivity contribution is 7.92. The van der Waals surface area contributed by atoms with E-state index in [9.17, 15) is 17.6 Å². The number of anilines is 1. The highest BCUT2D eigenvalue weighted by Gasteiger charge is 2.24. The van der Waals surface area contributed by atoms with Crippen LogP contribution >= 0.6 is 11.6 Å². The molecule has 134 valence electrons. The average Bonchev–Trinajstić information content (AvgIpc) is 2.60. The molecular formula is C16H15ClFNO5S. The molecule has 0 atom stereocenters. The van der Waals surface area contributed by atoms with Gasteiger partial charge in [0.1, 0.15) is 0 Å². The van der Waals surface area contributed by atoms with Gasteiger partial charge in [-0.1, -0.05) is 11.6 Å². The molecule has 0 N–H and O–H groups in total. The summed E-state index contributed by atoms with van der Waals surface area (Å²) >= 11 is 5.93. The fourth-order valence-electron chi connectivity index (χ4n) is 2.08. The Balaban J connectivity index is 2.47. The quantitative estimate of drug-likeness (QED) is 0.737. The maximum absolute atomic E-state index is 13.8. The van der Waals surface area contributed by atoms with Crippen LogP contribution in [-0.4, -0.2) is 35.7 Å². The smallest absolute Gasteiger partial charge is 0.339 e. The van der Waals surface area contributed by atoms with Crippen LogP contribution in [0.1, 0.15) is 10.4 Å². The molecule has 2 aromatic rings. The van der Waals surface area contributed by atoms with E-state index in [2.05, 4.69) is 4.74 Å². The second-order valence-electron chi connectivity index (χ2n) is 4.92. The summed E-state index contributed by atoms with van der Waals surface area (Å²) in [6.07, 6.45) is 0. The molecule has 2 rings (SSSR count). The van der Waals surface area contributed by atoms with Gasteiger partial charge in [0, 0.05) is 7.05 Å². The summed E-state index contributed by atoms with van der Waals surface area (Å²) in [6, 6.07) is 7.39. The van der Waals surface area contributed by atoms with E-state index in [4.69, 9.17) is 16.3 Å². The van der Waals surface area contributed by atoms with Crippen LogP contribution in [0.15, 0.2) is 41.3 Å². The zero-order valence-corrected chi connectivity index (χ0v) is 15.2. The highest BCUT2D eigenvalue weighted by Crippen LogP contribution is 2.28. The number of halogens is 2. The van der Waals surface area contributed by atoms with Crippen molar-refractivity contribution in [1.29, 1.82) is 0 Å². The lowest BCUT2D eigenvalue weighted by molar-refractivity contribution is 0.0601. The highest BCUT2D eigenvalue weighted by atomic mass is 35.5. The minimum Gasteiger partial charge on any atom is -0.494 e. The molecule has 0 radical (unpaired) electrons. The number of esters is 1. The van der Waals surface area contributed by atoms with E-state index in [0.717, 1.165) is 10.4 Å². The third-order valence-electron chi connectivity index (χ3n) is 3.50. The number of hydrogen-bond acceptors (Lipinski definition) is 5. The number of sulfonamides is 1. The molecule has 0 aliphatic carbocycles. The van der Waals surface area contributed by atoms with Crippen LogP contribution in [0, 0.1) is 5.82 Å². The molecule has 9 heteroatoms. The van der Waals surface area contributed by atoms with Gasteiger partial charge in [0.25, 0.3) is 10.0 Å². The van der Waals surface area contributed by atoms with Crippen LogP contribution in [0.25, 0.3) is 0 Å². The molecule has 25 heavy (non-hydrogen) atoms. The Morgan fingerprint density at radius 3 is 2.40 bits per heavy atom. The minimum atomic E-state index is -4.06. The summed E-state index contributed by atoms with van der Waals surface area (Å²) in [6.45, 7) is 0. The Bertz CT molecular complexity index is 917. The number of hydrogen-bond donors (Lipinski definition) is 0. The van der Waals surface area contributed by atoms with Gasteiger partial charge in [-0.2, -0.15) is 0 Å². The monoisotopic (exact) mass is 387 g/mol. The Morgan fingerprint density at radius 2 is 1.84 bits per heavy atom. The molecule has 6 nitrogen and oxygen atoms in total. The number of ether oxygens (including phenoxy) is 2. The first-order valence-electron chi connectivity index (χ1n) is 6.92. The third kappa shape index (κ3) is 3.69. The van der Waals surface area contributed by atoms with E-state index in [0.29, 0.717) is 0 Å². The van der Waals surface area contributed by atoms with E-state index in [1.807, 2.05) is 0 Å². The predicted octanol–water partition coefficient (Wildman–Crippen LogP) is 3.10. The molecule has 0 aromatic heterocycles. The fraction of sp³-hybridized carbons (Fsp3) is 0.188. The van der Waals surface area contributed by atoms with Gasteiger partial charge >= 0.3 is 5.97 Å². The summed E-state index contributed by atoms with van der Waals surface area (Å²) in [5.74, 6) is -1.57. The zero-order valence-electron chi connectivity index (χ0n) is 13.6. The Labute approximate surface area is 149 Å². The predicted molar refractivity (Wildman–Crippen MR) is 91.3 cm³/mol. The topological polar surface area (TPSA) is 72.9 Å². The first-order chi connectivity index (χ1) is 11.7. The first-order valence-corrected chi connectivity index (χ1v) is 8.74. The van der Waals surface area contributed by atoms with Crippen LogP contribution in [0.5, 0.6) is 5.75 Å². The van der Waals surface area contributed by atoms with Crippen molar-refractivity contribution in [2.24, 2.45) is 0 Å². The van der Waals surface area contributed by atoms with E-state index in [1.165, 1.54) is 51.6 Å². The van der Waals surface area contributed by atoms with Crippen molar-refractivity contribution >= 4 is 33.3 Å². The van der Waals surface area contributed by atoms with Crippen LogP contribution in [0.2, 0.25) is 5.02 Å². The average molecular weight is 388 g/mol. The summed E-state index contributed by atoms with van der Waals surface area (Å²) in [4.78, 5) is 11.4. The van der Waals surface area contributed by atoms with Crippen molar-refractivity contribution in [2.45, 2.75) is 4.90 Å². The molecule has 0 fully saturated rings. The van der Waals surface area contributed by atoms with E-state index in [-0.39, 0.29) is 26.9 Å². The summed E-state index contributed by atoms with van der Waals surface area (Å²) in [7, 11) is -0.314. The van der Waals surface area contributed by atoms with Crippen molar-refractivity contribution in [3.8, 4) is 5.75 Å². The molecule has 0 saturated heterocycles. The molecule has 0 heterocycles. The van der Waals surface area contributed by atoms with Gasteiger partial charge in [-0.05, 0) is 36.4 Å². The lowest BCUT2D eigenvalue weighted by Crippen LogP contribution is -2.27. The largest absolute Gasteiger partial charge is 0.494 e. The molecule has 0 aliphatic heterocycles. The summed E-state index contributed by atoms with van der Waals surface area (Å²) < 4.78 is 49.5. The number of carbonyl (C=O) groups is 1. The second kappa shape index (κ2) is 7.28. The third-order valence-corrected chi connectivity index (χ3v) is 5.61. The Kier molecular flexibility index (Phi) is 5.54. The molecule has 0 bridgehead atoms. The zero-order chi connectivity index (χ0) is 18.8. The van der Waals surface area contributed by atoms with E-state index < -0.39 is 21.8 Å². The molecule has 0 saturated carbocycles. The number of nitrogens with zero attached hydrogens (tertiary/aromatic N) is 1. The molecule has 0 aliphatic rings. The molecular weight excluding hydrogens is 373 g/mol. The van der Waals surface area contributed by atoms with E-state index in [1.54, 1.807) is 0 Å². The minimum absolute atomic E-state index is 0.0182. The maximum Gasteiger partial charge on any atom is 0.339 e. The van der Waals surface area contributed by atoms with Crippen LogP contribution in [0.3, 0.4) is 0 Å². The van der Waals surface area contributed by atoms with Crippen molar-refractivity contribution < 1.29 is 27.1 Å². The number of carbonyl (C=O) groups excluding carboxylic acids is 1. The van der Waals surface area contributed by atoms with Crippen molar-refractivity contribution in [3.05, 3.63) is 52.8 Å². The Hall–Kier alpha value is -2.32. The normalized spacial score (nSPS) is 11.1. The second-order valence-corrected chi connectivity index (χ2v) is 7.30. The van der Waals surface area contributed by atoms with Gasteiger partial charge in [0.15, 0.2) is 11.6 Å². The van der Waals surface area contributed by atoms with Gasteiger partial charge in [-0.15, -0.1) is 0 Å². The summed E-state index contributed by atoms with van der Waals surface area (Å²) in [5, 5.41) is 0.122. The SMILES string of the molecule is COC(=O)c1cc(N(C)S(=O)(=O)c2ccc(OC)c(F)c2)ccc1Cl. The lowest BCUT2D eigenvalue weighted by atomic mass is 10.2. The van der Waals surface area contributed by atoms with Crippen LogP contribution < -0.4 is 9.04 Å². The van der Waals surface area contributed by atoms with Gasteiger partial charge in [-0.25, -0.2) is 17.6 Å². The molecule has 2 aromatic carbocycles. The van der Waals surface area contributed by atoms with Crippen LogP contribution in [0.4, 0.5) is 10.1 Å². The van der Waals surface area contributed by atoms with Crippen molar-refractivity contribution in [1.82, 2.24) is 0 Å². The van der Waals surface area contributed by atoms with Gasteiger partial charge in [0.2, 0.25) is 0 Å². The maximum atomic E-state index is 13.8. The standard InChI is InChI=1S/C16H15ClFNO5S/c1-19(10-4-6-13(17)12(8-10)16(20)24-3)25(21,22)11-5-7-15(23-2)14(18)9-11/h4-9H,1-3H3. The van der Waals surface area contributed by atoms with Crippen molar-refractivity contribution in [2.75, 3.05) is 25.6 Å². The van der Waals surface area contributed by atoms with Gasteiger partial charge in [-0.3, -0.25) is 4.31 Å². The van der Waals surface area contributed by atoms with Gasteiger partial charge < -0.3 is 9.47 Å².